The standard InChI is InChI=1S/C15H24O3.3C6H5.Sb/c1-14(2,3)9-8-10(18-7)11(15(4,5)6)13(17)12(9)16;3*1-2-4-6-5-3-1;/h8,16-17H,1-7H3;3*1-5H;/q;;;;+2/p-2. The molecule has 0 fully saturated rings. The molecule has 0 N–H and O–H groups in total. The summed E-state index contributed by atoms with van der Waals surface area (Å²) >= 11 is -5.13. The van der Waals surface area contributed by atoms with E-state index in [1.807, 2.05) is 0 Å². The molecule has 5 rings (SSSR count). The summed E-state index contributed by atoms with van der Waals surface area (Å²) in [5.74, 6) is 2.50. The van der Waals surface area contributed by atoms with Crippen molar-refractivity contribution in [3.8, 4) is 17.2 Å². The molecule has 0 spiro atoms. The van der Waals surface area contributed by atoms with Gasteiger partial charge in [0.1, 0.15) is 0 Å². The first-order valence-corrected chi connectivity index (χ1v) is 18.8. The van der Waals surface area contributed by atoms with Crippen molar-refractivity contribution >= 4 is 28.8 Å². The molecule has 3 nitrogen and oxygen atoms in total. The molecule has 0 aliphatic carbocycles. The molecule has 0 aromatic heterocycles. The molecule has 1 heterocycles. The fraction of sp³-hybridized carbons (Fsp3) is 0.273. The van der Waals surface area contributed by atoms with Crippen LogP contribution >= 0.6 is 0 Å². The fourth-order valence-corrected chi connectivity index (χ4v) is 19.0. The first kappa shape index (κ1) is 25.7. The molecule has 192 valence electrons. The molecule has 0 amide bonds. The second kappa shape index (κ2) is 8.84. The molecule has 1 aliphatic heterocycles. The van der Waals surface area contributed by atoms with E-state index in [1.165, 1.54) is 0 Å². The molecule has 1 aliphatic rings. The van der Waals surface area contributed by atoms with Crippen molar-refractivity contribution in [3.05, 3.63) is 108 Å². The Morgan fingerprint density at radius 2 is 0.973 bits per heavy atom. The molecular weight excluding hydrogens is 566 g/mol. The summed E-state index contributed by atoms with van der Waals surface area (Å²) in [6.07, 6.45) is 0. The summed E-state index contributed by atoms with van der Waals surface area (Å²) in [4.78, 5) is 0. The van der Waals surface area contributed by atoms with Gasteiger partial charge in [-0.2, -0.15) is 0 Å². The number of methoxy groups -OCH3 is 1. The van der Waals surface area contributed by atoms with Crippen molar-refractivity contribution in [2.45, 2.75) is 52.4 Å². The monoisotopic (exact) mass is 602 g/mol. The van der Waals surface area contributed by atoms with Crippen LogP contribution in [0.5, 0.6) is 17.2 Å². The topological polar surface area (TPSA) is 27.7 Å². The van der Waals surface area contributed by atoms with Gasteiger partial charge in [-0.25, -0.2) is 0 Å². The van der Waals surface area contributed by atoms with Gasteiger partial charge in [-0.15, -0.1) is 0 Å². The first-order valence-electron chi connectivity index (χ1n) is 12.9. The Bertz CT molecular complexity index is 1320. The first-order chi connectivity index (χ1) is 17.5. The van der Waals surface area contributed by atoms with Gasteiger partial charge in [-0.05, 0) is 0 Å². The van der Waals surface area contributed by atoms with Gasteiger partial charge in [0.15, 0.2) is 0 Å². The van der Waals surface area contributed by atoms with E-state index in [9.17, 15) is 0 Å². The molecule has 0 saturated heterocycles. The van der Waals surface area contributed by atoms with Gasteiger partial charge in [-0.3, -0.25) is 0 Å². The molecule has 0 saturated carbocycles. The van der Waals surface area contributed by atoms with Crippen molar-refractivity contribution in [1.29, 1.82) is 0 Å². The number of hydrogen-bond acceptors (Lipinski definition) is 3. The zero-order valence-electron chi connectivity index (χ0n) is 22.9. The zero-order chi connectivity index (χ0) is 26.5. The van der Waals surface area contributed by atoms with Crippen molar-refractivity contribution < 1.29 is 10.8 Å². The maximum absolute atomic E-state index is 7.68. The molecule has 0 radical (unpaired) electrons. The van der Waals surface area contributed by atoms with E-state index in [2.05, 4.69) is 139 Å². The predicted octanol–water partition coefficient (Wildman–Crippen LogP) is 6.18. The molecule has 0 unspecified atom stereocenters. The third-order valence-corrected chi connectivity index (χ3v) is 20.8. The molecule has 4 heteroatoms. The minimum absolute atomic E-state index is 0.191. The Kier molecular flexibility index (Phi) is 6.15. The van der Waals surface area contributed by atoms with Crippen molar-refractivity contribution in [2.75, 3.05) is 7.11 Å². The number of rotatable bonds is 4. The van der Waals surface area contributed by atoms with E-state index in [4.69, 9.17) is 10.8 Å². The third-order valence-electron chi connectivity index (χ3n) is 7.18. The Labute approximate surface area is 223 Å². The zero-order valence-corrected chi connectivity index (χ0v) is 25.5. The van der Waals surface area contributed by atoms with E-state index in [-0.39, 0.29) is 10.8 Å². The van der Waals surface area contributed by atoms with Crippen LogP contribution in [0.25, 0.3) is 0 Å². The third kappa shape index (κ3) is 3.86. The van der Waals surface area contributed by atoms with Crippen LogP contribution in [0.4, 0.5) is 0 Å². The molecule has 37 heavy (non-hydrogen) atoms. The molecule has 0 atom stereocenters. The Hall–Kier alpha value is -2.90. The van der Waals surface area contributed by atoms with Crippen LogP contribution in [0.1, 0.15) is 52.7 Å². The summed E-state index contributed by atoms with van der Waals surface area (Å²) in [5.41, 5.74) is 1.70. The number of ether oxygens (including phenoxy) is 1. The second-order valence-corrected chi connectivity index (χ2v) is 22.7. The number of benzene rings is 4. The fourth-order valence-electron chi connectivity index (χ4n) is 5.45. The van der Waals surface area contributed by atoms with E-state index < -0.39 is 18.2 Å². The molecule has 4 aromatic carbocycles. The average molecular weight is 603 g/mol. The van der Waals surface area contributed by atoms with Gasteiger partial charge in [0, 0.05) is 0 Å². The Morgan fingerprint density at radius 1 is 0.568 bits per heavy atom. The maximum atomic E-state index is 7.68. The van der Waals surface area contributed by atoms with Gasteiger partial charge in [0.25, 0.3) is 0 Å². The quantitative estimate of drug-likeness (QED) is 0.261. The van der Waals surface area contributed by atoms with Crippen LogP contribution in [-0.2, 0) is 10.8 Å². The van der Waals surface area contributed by atoms with Gasteiger partial charge < -0.3 is 0 Å². The van der Waals surface area contributed by atoms with Gasteiger partial charge in [0.05, 0.1) is 0 Å². The van der Waals surface area contributed by atoms with Crippen LogP contribution < -0.4 is 21.3 Å². The Morgan fingerprint density at radius 3 is 1.32 bits per heavy atom. The van der Waals surface area contributed by atoms with Crippen LogP contribution in [0, 0.1) is 0 Å². The van der Waals surface area contributed by atoms with E-state index in [1.54, 1.807) is 7.11 Å². The van der Waals surface area contributed by atoms with Crippen molar-refractivity contribution in [3.63, 3.8) is 0 Å². The van der Waals surface area contributed by atoms with Crippen LogP contribution in [0.2, 0.25) is 0 Å². The van der Waals surface area contributed by atoms with Crippen LogP contribution in [-0.4, -0.2) is 25.3 Å². The average Bonchev–Trinajstić information content (AvgIpc) is 3.26. The van der Waals surface area contributed by atoms with E-state index >= 15 is 0 Å². The summed E-state index contributed by atoms with van der Waals surface area (Å²) < 4.78 is 24.7. The van der Waals surface area contributed by atoms with Crippen LogP contribution in [0.15, 0.2) is 97.1 Å². The van der Waals surface area contributed by atoms with Crippen molar-refractivity contribution in [1.82, 2.24) is 0 Å². The summed E-state index contributed by atoms with van der Waals surface area (Å²) in [5, 5.41) is 0. The number of hydrogen-bond donors (Lipinski definition) is 0. The Balaban J connectivity index is 2.01. The van der Waals surface area contributed by atoms with Crippen LogP contribution in [0.3, 0.4) is 0 Å². The normalized spacial score (nSPS) is 17.0. The van der Waals surface area contributed by atoms with E-state index in [0.717, 1.165) is 38.9 Å². The van der Waals surface area contributed by atoms with E-state index in [0.29, 0.717) is 0 Å². The minimum atomic E-state index is -5.13. The SMILES string of the molecule is COc1cc(C(C)(C)C)c2c(c1C(C)(C)C)[O][Sb]([c]1ccccc1)([c]1ccccc1)([c]1ccccc1)[O]2. The summed E-state index contributed by atoms with van der Waals surface area (Å²) in [7, 11) is 1.75. The molecule has 4 aromatic rings. The molecular formula is C33H37O3Sb. The van der Waals surface area contributed by atoms with Gasteiger partial charge >= 0.3 is 224 Å². The summed E-state index contributed by atoms with van der Waals surface area (Å²) in [6, 6.07) is 33.9. The van der Waals surface area contributed by atoms with Gasteiger partial charge in [0.2, 0.25) is 0 Å². The number of fused-ring (bicyclic) bond motifs is 1. The van der Waals surface area contributed by atoms with Crippen molar-refractivity contribution in [2.24, 2.45) is 0 Å². The predicted molar refractivity (Wildman–Crippen MR) is 156 cm³/mol. The van der Waals surface area contributed by atoms with Gasteiger partial charge in [-0.1, -0.05) is 0 Å². The molecule has 0 bridgehead atoms. The summed E-state index contributed by atoms with van der Waals surface area (Å²) in [6.45, 7) is 13.3. The second-order valence-electron chi connectivity index (χ2n) is 11.8.